The maximum Gasteiger partial charge on any atom is 0.251 e. The number of ether oxygens (including phenoxy) is 1. The van der Waals surface area contributed by atoms with Gasteiger partial charge in [-0.15, -0.1) is 23.7 Å². The van der Waals surface area contributed by atoms with Crippen molar-refractivity contribution < 1.29 is 29.0 Å². The van der Waals surface area contributed by atoms with Gasteiger partial charge in [-0.05, 0) is 54.5 Å². The van der Waals surface area contributed by atoms with Crippen molar-refractivity contribution in [2.24, 2.45) is 16.9 Å². The Hall–Kier alpha value is -3.88. The van der Waals surface area contributed by atoms with Crippen LogP contribution in [0.4, 0.5) is 0 Å². The van der Waals surface area contributed by atoms with Crippen LogP contribution in [0.3, 0.4) is 0 Å². The van der Waals surface area contributed by atoms with Crippen molar-refractivity contribution >= 4 is 47.4 Å². The zero-order valence-corrected chi connectivity index (χ0v) is 30.8. The molecule has 0 saturated carbocycles. The molecule has 4 amide bonds. The number of amides is 4. The second-order valence-corrected chi connectivity index (χ2v) is 14.6. The molecule has 50 heavy (non-hydrogen) atoms. The minimum atomic E-state index is -0.964. The highest BCUT2D eigenvalue weighted by Gasteiger charge is 2.44. The average Bonchev–Trinajstić information content (AvgIpc) is 3.68. The summed E-state index contributed by atoms with van der Waals surface area (Å²) >= 11 is 1.57. The number of nitrogens with zero attached hydrogens (tertiary/aromatic N) is 2. The number of carbonyl (C=O) groups is 4. The Kier molecular flexibility index (Phi) is 14.5. The fraction of sp³-hybridized carbons (Fsp3) is 0.472. The van der Waals surface area contributed by atoms with E-state index in [1.807, 2.05) is 64.4 Å². The molecule has 5 atom stereocenters. The molecule has 7 N–H and O–H groups in total. The normalized spacial score (nSPS) is 17.7. The molecule has 272 valence electrons. The summed E-state index contributed by atoms with van der Waals surface area (Å²) in [6.45, 7) is 9.81. The highest BCUT2D eigenvalue weighted by Crippen LogP contribution is 2.28. The Labute approximate surface area is 303 Å². The molecule has 1 aliphatic heterocycles. The molecule has 2 heterocycles. The Bertz CT molecular complexity index is 1610. The van der Waals surface area contributed by atoms with Crippen molar-refractivity contribution in [3.8, 4) is 10.4 Å². The van der Waals surface area contributed by atoms with E-state index in [4.69, 9.17) is 16.2 Å². The van der Waals surface area contributed by atoms with Gasteiger partial charge in [0.05, 0.1) is 34.9 Å². The predicted molar refractivity (Wildman–Crippen MR) is 195 cm³/mol. The number of aliphatic hydroxyl groups is 1. The molecule has 0 bridgehead atoms. The third-order valence-corrected chi connectivity index (χ3v) is 9.72. The van der Waals surface area contributed by atoms with Gasteiger partial charge in [-0.2, -0.15) is 0 Å². The molecule has 0 radical (unpaired) electrons. The maximum atomic E-state index is 14.0. The lowest BCUT2D eigenvalue weighted by Crippen LogP contribution is -2.57. The quantitative estimate of drug-likeness (QED) is 0.167. The number of benzene rings is 2. The van der Waals surface area contributed by atoms with E-state index in [1.165, 1.54) is 4.90 Å². The number of primary amides is 1. The van der Waals surface area contributed by atoms with Crippen molar-refractivity contribution in [2.45, 2.75) is 97.4 Å². The van der Waals surface area contributed by atoms with Crippen LogP contribution in [0.25, 0.3) is 10.4 Å². The summed E-state index contributed by atoms with van der Waals surface area (Å²) in [5, 5.41) is 16.3. The molecule has 1 saturated heterocycles. The largest absolute Gasteiger partial charge is 0.391 e. The summed E-state index contributed by atoms with van der Waals surface area (Å²) < 4.78 is 5.84. The molecule has 2 aromatic carbocycles. The van der Waals surface area contributed by atoms with E-state index in [9.17, 15) is 24.3 Å². The minimum absolute atomic E-state index is 0. The van der Waals surface area contributed by atoms with Gasteiger partial charge in [0, 0.05) is 37.5 Å². The molecule has 0 unspecified atom stereocenters. The second kappa shape index (κ2) is 17.9. The molecule has 0 aliphatic carbocycles. The molecule has 1 fully saturated rings. The number of aromatic nitrogens is 1. The summed E-state index contributed by atoms with van der Waals surface area (Å²) in [7, 11) is 0. The van der Waals surface area contributed by atoms with E-state index >= 15 is 0 Å². The predicted octanol–water partition coefficient (Wildman–Crippen LogP) is 3.46. The third-order valence-electron chi connectivity index (χ3n) is 8.74. The maximum absolute atomic E-state index is 14.0. The minimum Gasteiger partial charge on any atom is -0.391 e. The number of nitrogens with one attached hydrogen (secondary N) is 2. The topological polar surface area (TPSA) is 190 Å². The van der Waals surface area contributed by atoms with E-state index < -0.39 is 41.3 Å². The SMILES string of the molecule is Cc1ncsc1-c1ccc(CNC(=O)[C@@H]2C[C@@H](O)CN2C(=O)[C@@H](NC(=O)c2ccc(CO[C@H](C)[C@@H](N)CCC(N)=O)cc2)C(C)(C)C)cc1.Cl. The van der Waals surface area contributed by atoms with Crippen molar-refractivity contribution in [1.82, 2.24) is 20.5 Å². The van der Waals surface area contributed by atoms with Crippen molar-refractivity contribution in [2.75, 3.05) is 6.54 Å². The number of thiazole rings is 1. The van der Waals surface area contributed by atoms with Gasteiger partial charge in [-0.25, -0.2) is 4.98 Å². The van der Waals surface area contributed by atoms with Crippen LogP contribution >= 0.6 is 23.7 Å². The second-order valence-electron chi connectivity index (χ2n) is 13.7. The van der Waals surface area contributed by atoms with Gasteiger partial charge in [0.25, 0.3) is 5.91 Å². The van der Waals surface area contributed by atoms with Crippen molar-refractivity contribution in [3.63, 3.8) is 0 Å². The highest BCUT2D eigenvalue weighted by molar-refractivity contribution is 7.13. The van der Waals surface area contributed by atoms with E-state index in [1.54, 1.807) is 35.6 Å². The lowest BCUT2D eigenvalue weighted by molar-refractivity contribution is -0.142. The molecule has 12 nitrogen and oxygen atoms in total. The molecule has 1 aromatic heterocycles. The van der Waals surface area contributed by atoms with Gasteiger partial charge < -0.3 is 36.8 Å². The number of hydrogen-bond acceptors (Lipinski definition) is 9. The number of nitrogens with two attached hydrogens (primary N) is 2. The number of aryl methyl sites for hydroxylation is 1. The van der Waals surface area contributed by atoms with Gasteiger partial charge in [0.1, 0.15) is 12.1 Å². The number of hydrogen-bond donors (Lipinski definition) is 5. The molecular weight excluding hydrogens is 680 g/mol. The van der Waals surface area contributed by atoms with E-state index in [-0.39, 0.29) is 63.0 Å². The average molecular weight is 729 g/mol. The third kappa shape index (κ3) is 10.8. The first-order valence-corrected chi connectivity index (χ1v) is 17.3. The van der Waals surface area contributed by atoms with Gasteiger partial charge in [-0.1, -0.05) is 57.2 Å². The fourth-order valence-corrected chi connectivity index (χ4v) is 6.45. The monoisotopic (exact) mass is 728 g/mol. The fourth-order valence-electron chi connectivity index (χ4n) is 5.64. The zero-order chi connectivity index (χ0) is 35.9. The standard InChI is InChI=1S/C36H48N6O6S.ClH/c1-21-31(49-20-40-21)25-10-6-23(7-11-25)17-39-34(46)29-16-27(43)18-42(29)35(47)32(36(3,4)5)41-33(45)26-12-8-24(9-13-26)19-48-22(2)28(37)14-15-30(38)44;/h6-13,20,22,27-29,32,43H,14-19,37H2,1-5H3,(H2,38,44)(H,39,46)(H,41,45);1H/t22-,27-,28+,29+,32-;/m1./s1. The van der Waals surface area contributed by atoms with Crippen LogP contribution in [0.2, 0.25) is 0 Å². The van der Waals surface area contributed by atoms with E-state index in [2.05, 4.69) is 15.6 Å². The van der Waals surface area contributed by atoms with E-state index in [0.29, 0.717) is 12.0 Å². The summed E-state index contributed by atoms with van der Waals surface area (Å²) in [6.07, 6.45) is -0.458. The molecule has 14 heteroatoms. The summed E-state index contributed by atoms with van der Waals surface area (Å²) in [4.78, 5) is 58.5. The van der Waals surface area contributed by atoms with Gasteiger partial charge >= 0.3 is 0 Å². The number of rotatable bonds is 14. The lowest BCUT2D eigenvalue weighted by atomic mass is 9.85. The first-order chi connectivity index (χ1) is 23.1. The summed E-state index contributed by atoms with van der Waals surface area (Å²) in [5.41, 5.74) is 16.5. The Balaban J connectivity index is 0.00000676. The summed E-state index contributed by atoms with van der Waals surface area (Å²) in [6, 6.07) is 12.5. The van der Waals surface area contributed by atoms with Crippen LogP contribution in [-0.2, 0) is 32.3 Å². The van der Waals surface area contributed by atoms with Gasteiger partial charge in [0.2, 0.25) is 17.7 Å². The van der Waals surface area contributed by atoms with Gasteiger partial charge in [0.15, 0.2) is 0 Å². The number of β-amino-alcohol motifs (C(OH)–C–C–N with tert-alkyl or cyclic N) is 1. The number of halogens is 1. The highest BCUT2D eigenvalue weighted by atomic mass is 35.5. The zero-order valence-electron chi connectivity index (χ0n) is 29.2. The van der Waals surface area contributed by atoms with E-state index in [0.717, 1.165) is 27.3 Å². The van der Waals surface area contributed by atoms with Crippen LogP contribution in [0.1, 0.15) is 74.1 Å². The summed E-state index contributed by atoms with van der Waals surface area (Å²) in [5.74, 6) is -1.66. The first kappa shape index (κ1) is 40.5. The molecular formula is C36H49ClN6O6S. The van der Waals surface area contributed by atoms with Crippen LogP contribution in [-0.4, -0.2) is 75.5 Å². The lowest BCUT2D eigenvalue weighted by Gasteiger charge is -2.35. The Morgan fingerprint density at radius 3 is 2.30 bits per heavy atom. The van der Waals surface area contributed by atoms with Crippen molar-refractivity contribution in [3.05, 3.63) is 76.4 Å². The molecule has 4 rings (SSSR count). The van der Waals surface area contributed by atoms with Crippen LogP contribution in [0.15, 0.2) is 54.0 Å². The molecule has 1 aliphatic rings. The Morgan fingerprint density at radius 1 is 1.08 bits per heavy atom. The number of likely N-dealkylation sites (tertiary alicyclic amines) is 1. The smallest absolute Gasteiger partial charge is 0.251 e. The van der Waals surface area contributed by atoms with Crippen molar-refractivity contribution in [1.29, 1.82) is 0 Å². The molecule has 0 spiro atoms. The van der Waals surface area contributed by atoms with Crippen LogP contribution in [0.5, 0.6) is 0 Å². The van der Waals surface area contributed by atoms with Crippen LogP contribution in [0, 0.1) is 12.3 Å². The van der Waals surface area contributed by atoms with Gasteiger partial charge in [-0.3, -0.25) is 19.2 Å². The Morgan fingerprint density at radius 2 is 1.72 bits per heavy atom. The molecule has 3 aromatic rings. The first-order valence-electron chi connectivity index (χ1n) is 16.4. The number of carbonyl (C=O) groups excluding carboxylic acids is 4. The number of aliphatic hydroxyl groups excluding tert-OH is 1. The van der Waals surface area contributed by atoms with Crippen LogP contribution < -0.4 is 22.1 Å².